The molecule has 0 amide bonds. The Hall–Kier alpha value is -1.94. The van der Waals surface area contributed by atoms with Crippen molar-refractivity contribution in [3.05, 3.63) is 0 Å². The van der Waals surface area contributed by atoms with Crippen molar-refractivity contribution in [2.24, 2.45) is 11.8 Å². The highest BCUT2D eigenvalue weighted by atomic mass is 31.2. The van der Waals surface area contributed by atoms with E-state index < -0.39 is 97.5 Å². The number of unbranched alkanes of at least 4 members (excludes halogenated alkanes) is 42. The third-order valence-electron chi connectivity index (χ3n) is 17.6. The van der Waals surface area contributed by atoms with Crippen LogP contribution in [0.25, 0.3) is 0 Å². The van der Waals surface area contributed by atoms with Crippen molar-refractivity contribution in [2.45, 2.75) is 400 Å². The fourth-order valence-electron chi connectivity index (χ4n) is 11.3. The van der Waals surface area contributed by atoms with Crippen LogP contribution in [0.5, 0.6) is 0 Å². The number of hydrogen-bond acceptors (Lipinski definition) is 15. The summed E-state index contributed by atoms with van der Waals surface area (Å²) >= 11 is 0. The summed E-state index contributed by atoms with van der Waals surface area (Å²) in [6.07, 6.45) is 52.5. The minimum Gasteiger partial charge on any atom is -0.462 e. The zero-order chi connectivity index (χ0) is 68.6. The molecule has 3 unspecified atom stereocenters. The van der Waals surface area contributed by atoms with Gasteiger partial charge in [0.05, 0.1) is 26.4 Å². The molecular weight excluding hydrogens is 1220 g/mol. The summed E-state index contributed by atoms with van der Waals surface area (Å²) in [6.45, 7) is 9.63. The molecule has 93 heavy (non-hydrogen) atoms. The summed E-state index contributed by atoms with van der Waals surface area (Å²) in [5, 5.41) is 10.6. The van der Waals surface area contributed by atoms with Crippen molar-refractivity contribution in [3.8, 4) is 0 Å². The van der Waals surface area contributed by atoms with Crippen LogP contribution in [0.15, 0.2) is 0 Å². The van der Waals surface area contributed by atoms with E-state index in [0.717, 1.165) is 102 Å². The highest BCUT2D eigenvalue weighted by Crippen LogP contribution is 2.45. The Morgan fingerprint density at radius 1 is 0.312 bits per heavy atom. The van der Waals surface area contributed by atoms with E-state index >= 15 is 0 Å². The van der Waals surface area contributed by atoms with Crippen molar-refractivity contribution in [2.75, 3.05) is 39.6 Å². The lowest BCUT2D eigenvalue weighted by molar-refractivity contribution is -0.161. The van der Waals surface area contributed by atoms with Gasteiger partial charge in [0.2, 0.25) is 0 Å². The van der Waals surface area contributed by atoms with Crippen LogP contribution in [0, 0.1) is 11.8 Å². The third-order valence-corrected chi connectivity index (χ3v) is 19.5. The number of ether oxygens (including phenoxy) is 4. The molecule has 0 saturated carbocycles. The molecule has 3 N–H and O–H groups in total. The quantitative estimate of drug-likeness (QED) is 0.0222. The standard InChI is InChI=1S/C74H144O17P2/c1-7-10-12-14-16-18-19-27-34-40-46-52-58-73(78)90-69(62-84-71(76)56-50-44-38-30-17-15-13-11-8-2)64-88-92(80,81)86-60-68(75)61-87-93(82,83)89-65-70(63-85-72(77)57-51-45-39-33-29-24-25-31-36-42-48-54-66(4)5)91-74(79)59-53-47-41-35-28-23-21-20-22-26-32-37-43-49-55-67(6)9-3/h66-70,75H,7-65H2,1-6H3,(H,80,81)(H,82,83)/t67?,68-,69+,70+/m0/s1. The fourth-order valence-corrected chi connectivity index (χ4v) is 12.8. The Morgan fingerprint density at radius 2 is 0.548 bits per heavy atom. The first-order valence-electron chi connectivity index (χ1n) is 38.5. The van der Waals surface area contributed by atoms with Gasteiger partial charge in [-0.2, -0.15) is 0 Å². The molecule has 0 spiro atoms. The Balaban J connectivity index is 5.23. The highest BCUT2D eigenvalue weighted by Gasteiger charge is 2.30. The first-order chi connectivity index (χ1) is 44.9. The summed E-state index contributed by atoms with van der Waals surface area (Å²) in [5.74, 6) is -0.501. The molecule has 0 aromatic rings. The van der Waals surface area contributed by atoms with Gasteiger partial charge in [0.25, 0.3) is 0 Å². The van der Waals surface area contributed by atoms with Gasteiger partial charge in [-0.1, -0.05) is 330 Å². The van der Waals surface area contributed by atoms with E-state index in [0.29, 0.717) is 25.7 Å². The Labute approximate surface area is 568 Å². The van der Waals surface area contributed by atoms with E-state index in [1.807, 2.05) is 0 Å². The lowest BCUT2D eigenvalue weighted by atomic mass is 9.99. The highest BCUT2D eigenvalue weighted by molar-refractivity contribution is 7.47. The lowest BCUT2D eigenvalue weighted by Crippen LogP contribution is -2.30. The second kappa shape index (κ2) is 66.0. The van der Waals surface area contributed by atoms with Gasteiger partial charge in [-0.15, -0.1) is 0 Å². The number of aliphatic hydroxyl groups excluding tert-OH is 1. The van der Waals surface area contributed by atoms with Crippen molar-refractivity contribution in [3.63, 3.8) is 0 Å². The van der Waals surface area contributed by atoms with Gasteiger partial charge >= 0.3 is 39.5 Å². The first kappa shape index (κ1) is 91.1. The van der Waals surface area contributed by atoms with Crippen LogP contribution in [-0.2, 0) is 65.4 Å². The molecule has 0 aliphatic rings. The summed E-state index contributed by atoms with van der Waals surface area (Å²) in [6, 6.07) is 0. The lowest BCUT2D eigenvalue weighted by Gasteiger charge is -2.21. The van der Waals surface area contributed by atoms with Crippen LogP contribution in [-0.4, -0.2) is 96.7 Å². The topological polar surface area (TPSA) is 237 Å². The number of rotatable bonds is 73. The molecule has 0 aliphatic carbocycles. The molecule has 0 fully saturated rings. The zero-order valence-corrected chi connectivity index (χ0v) is 62.3. The number of carbonyl (C=O) groups is 4. The van der Waals surface area contributed by atoms with E-state index in [1.165, 1.54) is 199 Å². The maximum Gasteiger partial charge on any atom is 0.472 e. The monoisotopic (exact) mass is 1370 g/mol. The van der Waals surface area contributed by atoms with Crippen molar-refractivity contribution in [1.29, 1.82) is 0 Å². The van der Waals surface area contributed by atoms with Crippen LogP contribution in [0.4, 0.5) is 0 Å². The third kappa shape index (κ3) is 67.0. The molecule has 0 rings (SSSR count). The maximum atomic E-state index is 13.1. The number of phosphoric acid groups is 2. The number of aliphatic hydroxyl groups is 1. The van der Waals surface area contributed by atoms with Crippen LogP contribution < -0.4 is 0 Å². The largest absolute Gasteiger partial charge is 0.472 e. The zero-order valence-electron chi connectivity index (χ0n) is 60.6. The van der Waals surface area contributed by atoms with Crippen LogP contribution in [0.2, 0.25) is 0 Å². The van der Waals surface area contributed by atoms with Crippen LogP contribution in [0.1, 0.15) is 382 Å². The Kier molecular flexibility index (Phi) is 64.6. The number of hydrogen-bond donors (Lipinski definition) is 3. The summed E-state index contributed by atoms with van der Waals surface area (Å²) in [4.78, 5) is 72.7. The van der Waals surface area contributed by atoms with Gasteiger partial charge in [-0.3, -0.25) is 37.3 Å². The first-order valence-corrected chi connectivity index (χ1v) is 41.5. The van der Waals surface area contributed by atoms with Gasteiger partial charge in [0, 0.05) is 25.7 Å². The predicted molar refractivity (Wildman–Crippen MR) is 377 cm³/mol. The number of carbonyl (C=O) groups excluding carboxylic acids is 4. The summed E-state index contributed by atoms with van der Waals surface area (Å²) in [7, 11) is -9.90. The number of esters is 4. The van der Waals surface area contributed by atoms with E-state index in [-0.39, 0.29) is 25.7 Å². The minimum atomic E-state index is -4.96. The van der Waals surface area contributed by atoms with E-state index in [9.17, 15) is 43.2 Å². The molecule has 0 bridgehead atoms. The smallest absolute Gasteiger partial charge is 0.462 e. The molecule has 552 valence electrons. The summed E-state index contributed by atoms with van der Waals surface area (Å²) in [5.41, 5.74) is 0. The molecule has 0 aromatic carbocycles. The molecule has 0 aliphatic heterocycles. The average molecular weight is 1370 g/mol. The van der Waals surface area contributed by atoms with Gasteiger partial charge in [-0.25, -0.2) is 9.13 Å². The molecule has 17 nitrogen and oxygen atoms in total. The van der Waals surface area contributed by atoms with Crippen molar-refractivity contribution in [1.82, 2.24) is 0 Å². The molecule has 0 saturated heterocycles. The average Bonchev–Trinajstić information content (AvgIpc) is 1.83. The molecule has 19 heteroatoms. The van der Waals surface area contributed by atoms with Gasteiger partial charge in [-0.05, 0) is 37.5 Å². The summed E-state index contributed by atoms with van der Waals surface area (Å²) < 4.78 is 68.4. The van der Waals surface area contributed by atoms with E-state index in [1.54, 1.807) is 0 Å². The molecule has 6 atom stereocenters. The normalized spacial score (nSPS) is 14.3. The Bertz CT molecular complexity index is 1810. The van der Waals surface area contributed by atoms with Crippen LogP contribution >= 0.6 is 15.6 Å². The van der Waals surface area contributed by atoms with Crippen molar-refractivity contribution < 1.29 is 80.2 Å². The van der Waals surface area contributed by atoms with E-state index in [4.69, 9.17) is 37.0 Å². The minimum absolute atomic E-state index is 0.107. The molecule has 0 aromatic heterocycles. The molecule has 0 heterocycles. The van der Waals surface area contributed by atoms with Gasteiger partial charge in [0.15, 0.2) is 12.2 Å². The van der Waals surface area contributed by atoms with E-state index in [2.05, 4.69) is 41.5 Å². The SMILES string of the molecule is CCCCCCCCCCCCCCC(=O)O[C@H](COC(=O)CCCCCCCCCCC)COP(=O)(O)OC[C@H](O)COP(=O)(O)OC[C@@H](COC(=O)CCCCCCCCCCCCCC(C)C)OC(=O)CCCCCCCCCCCCCCCCC(C)CC. The van der Waals surface area contributed by atoms with Gasteiger partial charge in [0.1, 0.15) is 19.3 Å². The molecular formula is C74H144O17P2. The molecule has 0 radical (unpaired) electrons. The number of phosphoric ester groups is 2. The maximum absolute atomic E-state index is 13.1. The second-order valence-corrected chi connectivity index (χ2v) is 30.3. The Morgan fingerprint density at radius 3 is 0.817 bits per heavy atom. The van der Waals surface area contributed by atoms with Crippen molar-refractivity contribution >= 4 is 39.5 Å². The second-order valence-electron chi connectivity index (χ2n) is 27.4. The van der Waals surface area contributed by atoms with Crippen LogP contribution in [0.3, 0.4) is 0 Å². The van der Waals surface area contributed by atoms with Gasteiger partial charge < -0.3 is 33.8 Å². The fraction of sp³-hybridized carbons (Fsp3) is 0.946. The predicted octanol–water partition coefficient (Wildman–Crippen LogP) is 21.6.